The highest BCUT2D eigenvalue weighted by atomic mass is 16.5. The summed E-state index contributed by atoms with van der Waals surface area (Å²) in [6.07, 6.45) is 0.860. The van der Waals surface area contributed by atoms with E-state index in [-0.39, 0.29) is 5.91 Å². The van der Waals surface area contributed by atoms with Crippen LogP contribution >= 0.6 is 0 Å². The fourth-order valence-corrected chi connectivity index (χ4v) is 2.97. The summed E-state index contributed by atoms with van der Waals surface area (Å²) in [5.74, 6) is 0.946. The molecule has 0 unspecified atom stereocenters. The van der Waals surface area contributed by atoms with E-state index in [1.54, 1.807) is 20.1 Å². The Morgan fingerprint density at radius 3 is 2.54 bits per heavy atom. The zero-order valence-electron chi connectivity index (χ0n) is 17.5. The van der Waals surface area contributed by atoms with Crippen LogP contribution in [0.25, 0.3) is 0 Å². The number of aromatic nitrogens is 2. The van der Waals surface area contributed by atoms with Gasteiger partial charge in [-0.2, -0.15) is 0 Å². The number of ether oxygens (including phenoxy) is 1. The van der Waals surface area contributed by atoms with Gasteiger partial charge in [0.25, 0.3) is 5.91 Å². The van der Waals surface area contributed by atoms with Crippen molar-refractivity contribution in [2.75, 3.05) is 48.9 Å². The van der Waals surface area contributed by atoms with Crippen molar-refractivity contribution in [3.63, 3.8) is 0 Å². The molecule has 7 nitrogen and oxygen atoms in total. The zero-order valence-corrected chi connectivity index (χ0v) is 17.5. The smallest absolute Gasteiger partial charge is 0.274 e. The first-order valence-corrected chi connectivity index (χ1v) is 9.73. The number of hydrogen-bond donors (Lipinski definition) is 2. The first-order valence-electron chi connectivity index (χ1n) is 9.73. The molecule has 28 heavy (non-hydrogen) atoms. The minimum Gasteiger partial charge on any atom is -0.385 e. The number of anilines is 3. The van der Waals surface area contributed by atoms with Crippen LogP contribution in [0, 0.1) is 13.8 Å². The predicted molar refractivity (Wildman–Crippen MR) is 114 cm³/mol. The second kappa shape index (κ2) is 10.6. The van der Waals surface area contributed by atoms with Crippen molar-refractivity contribution in [1.82, 2.24) is 9.97 Å². The number of nitrogens with zero attached hydrogens (tertiary/aromatic N) is 3. The van der Waals surface area contributed by atoms with Gasteiger partial charge in [-0.25, -0.2) is 9.97 Å². The Morgan fingerprint density at radius 2 is 1.89 bits per heavy atom. The quantitative estimate of drug-likeness (QED) is 0.608. The van der Waals surface area contributed by atoms with Crippen molar-refractivity contribution in [2.45, 2.75) is 34.1 Å². The topological polar surface area (TPSA) is 79.4 Å². The highest BCUT2D eigenvalue weighted by Gasteiger charge is 2.13. The van der Waals surface area contributed by atoms with Crippen molar-refractivity contribution in [2.24, 2.45) is 0 Å². The number of aryl methyl sites for hydroxylation is 2. The summed E-state index contributed by atoms with van der Waals surface area (Å²) >= 11 is 0. The molecule has 1 heterocycles. The summed E-state index contributed by atoms with van der Waals surface area (Å²) < 4.78 is 5.04. The van der Waals surface area contributed by atoms with Crippen LogP contribution in [-0.2, 0) is 4.74 Å². The van der Waals surface area contributed by atoms with Crippen LogP contribution in [0.5, 0.6) is 0 Å². The van der Waals surface area contributed by atoms with Crippen LogP contribution in [-0.4, -0.2) is 49.2 Å². The average Bonchev–Trinajstić information content (AvgIpc) is 2.68. The van der Waals surface area contributed by atoms with E-state index in [2.05, 4.69) is 45.4 Å². The number of nitrogens with one attached hydrogen (secondary N) is 2. The molecule has 1 aromatic heterocycles. The van der Waals surface area contributed by atoms with Crippen molar-refractivity contribution in [3.8, 4) is 0 Å². The Hall–Kier alpha value is -2.67. The molecule has 2 rings (SSSR count). The summed E-state index contributed by atoms with van der Waals surface area (Å²) in [6, 6.07) is 7.74. The molecule has 0 aliphatic rings. The second-order valence-corrected chi connectivity index (χ2v) is 6.58. The van der Waals surface area contributed by atoms with Gasteiger partial charge >= 0.3 is 0 Å². The van der Waals surface area contributed by atoms with E-state index in [1.807, 2.05) is 19.1 Å². The third kappa shape index (κ3) is 5.92. The maximum Gasteiger partial charge on any atom is 0.274 e. The normalized spacial score (nSPS) is 10.6. The van der Waals surface area contributed by atoms with Gasteiger partial charge in [0.05, 0.1) is 0 Å². The van der Waals surface area contributed by atoms with Gasteiger partial charge in [-0.15, -0.1) is 0 Å². The van der Waals surface area contributed by atoms with E-state index < -0.39 is 0 Å². The molecular formula is C21H31N5O2. The molecule has 0 saturated heterocycles. The lowest BCUT2D eigenvalue weighted by Gasteiger charge is -2.22. The second-order valence-electron chi connectivity index (χ2n) is 6.58. The van der Waals surface area contributed by atoms with Gasteiger partial charge in [0.15, 0.2) is 0 Å². The Bertz CT molecular complexity index is 790. The SMILES string of the molecule is CCN(CC)c1ccc(NC(=O)c2cc(NCCCOC)nc(C)n2)c(C)c1. The lowest BCUT2D eigenvalue weighted by atomic mass is 10.1. The molecule has 2 N–H and O–H groups in total. The lowest BCUT2D eigenvalue weighted by Crippen LogP contribution is -2.22. The molecule has 0 saturated carbocycles. The third-order valence-electron chi connectivity index (χ3n) is 4.49. The Balaban J connectivity index is 2.11. The number of hydrogen-bond acceptors (Lipinski definition) is 6. The third-order valence-corrected chi connectivity index (χ3v) is 4.49. The first kappa shape index (κ1) is 21.6. The van der Waals surface area contributed by atoms with Gasteiger partial charge in [0, 0.05) is 50.8 Å². The van der Waals surface area contributed by atoms with Gasteiger partial charge in [-0.3, -0.25) is 4.79 Å². The van der Waals surface area contributed by atoms with Crippen molar-refractivity contribution in [3.05, 3.63) is 41.3 Å². The summed E-state index contributed by atoms with van der Waals surface area (Å²) in [4.78, 5) is 23.6. The molecule has 1 amide bonds. The van der Waals surface area contributed by atoms with Crippen molar-refractivity contribution in [1.29, 1.82) is 0 Å². The highest BCUT2D eigenvalue weighted by Crippen LogP contribution is 2.23. The van der Waals surface area contributed by atoms with Crippen LogP contribution in [0.2, 0.25) is 0 Å². The predicted octanol–water partition coefficient (Wildman–Crippen LogP) is 3.64. The molecule has 0 aliphatic carbocycles. The average molecular weight is 386 g/mol. The Kier molecular flexibility index (Phi) is 8.19. The number of methoxy groups -OCH3 is 1. The Morgan fingerprint density at radius 1 is 1.14 bits per heavy atom. The molecule has 0 bridgehead atoms. The highest BCUT2D eigenvalue weighted by molar-refractivity contribution is 6.03. The van der Waals surface area contributed by atoms with E-state index in [0.29, 0.717) is 23.9 Å². The fraction of sp³-hybridized carbons (Fsp3) is 0.476. The van der Waals surface area contributed by atoms with Crippen LogP contribution in [0.15, 0.2) is 24.3 Å². The molecule has 0 fully saturated rings. The molecule has 0 spiro atoms. The van der Waals surface area contributed by atoms with Gasteiger partial charge < -0.3 is 20.3 Å². The Labute approximate surface area is 167 Å². The molecule has 152 valence electrons. The van der Waals surface area contributed by atoms with E-state index in [9.17, 15) is 4.79 Å². The van der Waals surface area contributed by atoms with Gasteiger partial charge in [-0.05, 0) is 57.9 Å². The van der Waals surface area contributed by atoms with Gasteiger partial charge in [0.2, 0.25) is 0 Å². The molecule has 0 aliphatic heterocycles. The van der Waals surface area contributed by atoms with Gasteiger partial charge in [-0.1, -0.05) is 0 Å². The lowest BCUT2D eigenvalue weighted by molar-refractivity contribution is 0.102. The molecule has 2 aromatic rings. The largest absolute Gasteiger partial charge is 0.385 e. The number of benzene rings is 1. The zero-order chi connectivity index (χ0) is 20.5. The van der Waals surface area contributed by atoms with Gasteiger partial charge in [0.1, 0.15) is 17.3 Å². The van der Waals surface area contributed by atoms with E-state index >= 15 is 0 Å². The van der Waals surface area contributed by atoms with E-state index in [4.69, 9.17) is 4.74 Å². The molecule has 0 atom stereocenters. The molecule has 1 aromatic carbocycles. The molecule has 7 heteroatoms. The molecular weight excluding hydrogens is 354 g/mol. The van der Waals surface area contributed by atoms with Crippen LogP contribution in [0.3, 0.4) is 0 Å². The number of carbonyl (C=O) groups is 1. The number of amides is 1. The van der Waals surface area contributed by atoms with Crippen molar-refractivity contribution < 1.29 is 9.53 Å². The molecule has 0 radical (unpaired) electrons. The monoisotopic (exact) mass is 385 g/mol. The maximum atomic E-state index is 12.7. The first-order chi connectivity index (χ1) is 13.5. The van der Waals surface area contributed by atoms with Crippen LogP contribution in [0.1, 0.15) is 42.1 Å². The van der Waals surface area contributed by atoms with E-state index in [1.165, 1.54) is 0 Å². The van der Waals surface area contributed by atoms with Crippen molar-refractivity contribution >= 4 is 23.1 Å². The minimum absolute atomic E-state index is 0.246. The number of rotatable bonds is 10. The fourth-order valence-electron chi connectivity index (χ4n) is 2.97. The van der Waals surface area contributed by atoms with Crippen LogP contribution in [0.4, 0.5) is 17.2 Å². The van der Waals surface area contributed by atoms with Crippen LogP contribution < -0.4 is 15.5 Å². The summed E-state index contributed by atoms with van der Waals surface area (Å²) in [7, 11) is 1.67. The summed E-state index contributed by atoms with van der Waals surface area (Å²) in [6.45, 7) is 11.3. The summed E-state index contributed by atoms with van der Waals surface area (Å²) in [5.41, 5.74) is 3.29. The summed E-state index contributed by atoms with van der Waals surface area (Å²) in [5, 5.41) is 6.17. The van der Waals surface area contributed by atoms with E-state index in [0.717, 1.165) is 43.0 Å². The standard InChI is InChI=1S/C21H31N5O2/c1-6-26(7-2)17-9-10-18(15(3)13-17)25-21(27)19-14-20(24-16(4)23-19)22-11-8-12-28-5/h9-10,13-14H,6-8,11-12H2,1-5H3,(H,25,27)(H,22,23,24). The number of carbonyl (C=O) groups excluding carboxylic acids is 1. The minimum atomic E-state index is -0.246. The maximum absolute atomic E-state index is 12.7.